The van der Waals surface area contributed by atoms with E-state index in [0.29, 0.717) is 6.10 Å². The number of hydrogen-bond donors (Lipinski definition) is 2. The molecule has 3 N–H and O–H groups in total. The smallest absolute Gasteiger partial charge is 0.0700 e. The number of nitrogens with two attached hydrogens (primary N) is 1. The minimum Gasteiger partial charge on any atom is -0.399 e. The fourth-order valence-corrected chi connectivity index (χ4v) is 1.98. The minimum absolute atomic E-state index is 0.405. The maximum Gasteiger partial charge on any atom is 0.0700 e. The highest BCUT2D eigenvalue weighted by Crippen LogP contribution is 2.13. The summed E-state index contributed by atoms with van der Waals surface area (Å²) in [4.78, 5) is 0. The first-order valence-corrected chi connectivity index (χ1v) is 5.93. The Kier molecular flexibility index (Phi) is 3.80. The van der Waals surface area contributed by atoms with Crippen LogP contribution < -0.4 is 11.1 Å². The fourth-order valence-electron chi connectivity index (χ4n) is 1.98. The highest BCUT2D eigenvalue weighted by molar-refractivity contribution is 5.48. The van der Waals surface area contributed by atoms with Gasteiger partial charge in [0.1, 0.15) is 0 Å². The SMILES string of the molecule is Cc1ccc(CNCC2CCCO2)cc1N. The number of hydrogen-bond acceptors (Lipinski definition) is 3. The molecule has 0 saturated carbocycles. The van der Waals surface area contributed by atoms with Gasteiger partial charge in [0.15, 0.2) is 0 Å². The summed E-state index contributed by atoms with van der Waals surface area (Å²) in [7, 11) is 0. The van der Waals surface area contributed by atoms with Gasteiger partial charge in [0.2, 0.25) is 0 Å². The summed E-state index contributed by atoms with van der Waals surface area (Å²) in [5.74, 6) is 0. The maximum absolute atomic E-state index is 5.86. The average molecular weight is 220 g/mol. The van der Waals surface area contributed by atoms with Crippen LogP contribution in [0.1, 0.15) is 24.0 Å². The van der Waals surface area contributed by atoms with Gasteiger partial charge < -0.3 is 15.8 Å². The molecule has 1 aliphatic rings. The normalized spacial score (nSPS) is 20.2. The second-order valence-corrected chi connectivity index (χ2v) is 4.46. The van der Waals surface area contributed by atoms with E-state index in [1.165, 1.54) is 18.4 Å². The van der Waals surface area contributed by atoms with Crippen LogP contribution in [0.25, 0.3) is 0 Å². The van der Waals surface area contributed by atoms with E-state index in [4.69, 9.17) is 10.5 Å². The molecule has 1 aromatic rings. The van der Waals surface area contributed by atoms with Crippen molar-refractivity contribution in [3.05, 3.63) is 29.3 Å². The molecule has 1 saturated heterocycles. The zero-order valence-corrected chi connectivity index (χ0v) is 9.83. The van der Waals surface area contributed by atoms with E-state index in [9.17, 15) is 0 Å². The predicted molar refractivity (Wildman–Crippen MR) is 66.3 cm³/mol. The molecule has 16 heavy (non-hydrogen) atoms. The van der Waals surface area contributed by atoms with Crippen LogP contribution in [0.5, 0.6) is 0 Å². The van der Waals surface area contributed by atoms with Gasteiger partial charge in [0.05, 0.1) is 6.10 Å². The molecule has 0 aliphatic carbocycles. The van der Waals surface area contributed by atoms with Gasteiger partial charge >= 0.3 is 0 Å². The predicted octanol–water partition coefficient (Wildman–Crippen LogP) is 1.85. The molecule has 0 spiro atoms. The Morgan fingerprint density at radius 1 is 1.50 bits per heavy atom. The lowest BCUT2D eigenvalue weighted by Crippen LogP contribution is -2.25. The molecule has 0 radical (unpaired) electrons. The maximum atomic E-state index is 5.86. The molecule has 1 heterocycles. The van der Waals surface area contributed by atoms with Gasteiger partial charge in [-0.25, -0.2) is 0 Å². The first-order valence-electron chi connectivity index (χ1n) is 5.93. The zero-order chi connectivity index (χ0) is 11.4. The average Bonchev–Trinajstić information content (AvgIpc) is 2.76. The van der Waals surface area contributed by atoms with Crippen LogP contribution in [0.15, 0.2) is 18.2 Å². The lowest BCUT2D eigenvalue weighted by molar-refractivity contribution is 0.110. The molecule has 0 bridgehead atoms. The molecule has 3 nitrogen and oxygen atoms in total. The Morgan fingerprint density at radius 3 is 3.06 bits per heavy atom. The van der Waals surface area contributed by atoms with Crippen molar-refractivity contribution in [1.29, 1.82) is 0 Å². The Labute approximate surface area is 97.0 Å². The molecular weight excluding hydrogens is 200 g/mol. The van der Waals surface area contributed by atoms with E-state index in [2.05, 4.69) is 17.4 Å². The van der Waals surface area contributed by atoms with Crippen LogP contribution in [-0.2, 0) is 11.3 Å². The third kappa shape index (κ3) is 2.97. The van der Waals surface area contributed by atoms with Crippen molar-refractivity contribution in [3.8, 4) is 0 Å². The van der Waals surface area contributed by atoms with Crippen LogP contribution in [0.3, 0.4) is 0 Å². The van der Waals surface area contributed by atoms with Gasteiger partial charge in [-0.1, -0.05) is 12.1 Å². The van der Waals surface area contributed by atoms with Gasteiger partial charge in [-0.2, -0.15) is 0 Å². The molecule has 1 atom stereocenters. The Balaban J connectivity index is 1.78. The van der Waals surface area contributed by atoms with Crippen molar-refractivity contribution >= 4 is 5.69 Å². The second kappa shape index (κ2) is 5.32. The van der Waals surface area contributed by atoms with E-state index in [-0.39, 0.29) is 0 Å². The Morgan fingerprint density at radius 2 is 2.38 bits per heavy atom. The first kappa shape index (κ1) is 11.4. The molecule has 3 heteroatoms. The highest BCUT2D eigenvalue weighted by Gasteiger charge is 2.14. The van der Waals surface area contributed by atoms with E-state index < -0.39 is 0 Å². The molecule has 1 aromatic carbocycles. The van der Waals surface area contributed by atoms with Gasteiger partial charge in [0.25, 0.3) is 0 Å². The summed E-state index contributed by atoms with van der Waals surface area (Å²) in [5, 5.41) is 3.41. The molecule has 0 amide bonds. The largest absolute Gasteiger partial charge is 0.399 e. The van der Waals surface area contributed by atoms with E-state index in [1.54, 1.807) is 0 Å². The summed E-state index contributed by atoms with van der Waals surface area (Å²) in [6, 6.07) is 6.23. The molecule has 0 aromatic heterocycles. The summed E-state index contributed by atoms with van der Waals surface area (Å²) in [6.45, 7) is 4.75. The van der Waals surface area contributed by atoms with Crippen molar-refractivity contribution in [3.63, 3.8) is 0 Å². The zero-order valence-electron chi connectivity index (χ0n) is 9.83. The number of nitrogens with one attached hydrogen (secondary N) is 1. The summed E-state index contributed by atoms with van der Waals surface area (Å²) < 4.78 is 5.55. The van der Waals surface area contributed by atoms with E-state index in [0.717, 1.165) is 30.9 Å². The second-order valence-electron chi connectivity index (χ2n) is 4.46. The van der Waals surface area contributed by atoms with Crippen molar-refractivity contribution in [2.75, 3.05) is 18.9 Å². The quantitative estimate of drug-likeness (QED) is 0.761. The van der Waals surface area contributed by atoms with Crippen molar-refractivity contribution < 1.29 is 4.74 Å². The Hall–Kier alpha value is -1.06. The number of anilines is 1. The summed E-state index contributed by atoms with van der Waals surface area (Å²) in [6.07, 6.45) is 2.79. The van der Waals surface area contributed by atoms with Crippen LogP contribution >= 0.6 is 0 Å². The standard InChI is InChI=1S/C13H20N2O/c1-10-4-5-11(7-13(10)14)8-15-9-12-3-2-6-16-12/h4-5,7,12,15H,2-3,6,8-9,14H2,1H3. The minimum atomic E-state index is 0.405. The number of aryl methyl sites for hydroxylation is 1. The lowest BCUT2D eigenvalue weighted by atomic mass is 10.1. The molecule has 2 rings (SSSR count). The fraction of sp³-hybridized carbons (Fsp3) is 0.538. The topological polar surface area (TPSA) is 47.3 Å². The molecule has 1 aliphatic heterocycles. The lowest BCUT2D eigenvalue weighted by Gasteiger charge is -2.11. The molecule has 88 valence electrons. The van der Waals surface area contributed by atoms with Gasteiger partial charge in [-0.05, 0) is 37.0 Å². The van der Waals surface area contributed by atoms with Crippen LogP contribution in [0.4, 0.5) is 5.69 Å². The van der Waals surface area contributed by atoms with Crippen LogP contribution in [0.2, 0.25) is 0 Å². The van der Waals surface area contributed by atoms with Crippen molar-refractivity contribution in [1.82, 2.24) is 5.32 Å². The molecular formula is C13H20N2O. The number of benzene rings is 1. The van der Waals surface area contributed by atoms with Crippen LogP contribution in [-0.4, -0.2) is 19.3 Å². The Bertz CT molecular complexity index is 346. The monoisotopic (exact) mass is 220 g/mol. The van der Waals surface area contributed by atoms with Crippen molar-refractivity contribution in [2.45, 2.75) is 32.4 Å². The van der Waals surface area contributed by atoms with Gasteiger partial charge in [-0.15, -0.1) is 0 Å². The summed E-state index contributed by atoms with van der Waals surface area (Å²) in [5.41, 5.74) is 9.11. The highest BCUT2D eigenvalue weighted by atomic mass is 16.5. The van der Waals surface area contributed by atoms with Gasteiger partial charge in [0, 0.05) is 25.4 Å². The van der Waals surface area contributed by atoms with E-state index >= 15 is 0 Å². The first-order chi connectivity index (χ1) is 7.75. The van der Waals surface area contributed by atoms with Crippen LogP contribution in [0, 0.1) is 6.92 Å². The summed E-state index contributed by atoms with van der Waals surface area (Å²) >= 11 is 0. The molecule has 1 fully saturated rings. The number of ether oxygens (including phenoxy) is 1. The van der Waals surface area contributed by atoms with Crippen molar-refractivity contribution in [2.24, 2.45) is 0 Å². The molecule has 1 unspecified atom stereocenters. The number of nitrogen functional groups attached to an aromatic ring is 1. The third-order valence-corrected chi connectivity index (χ3v) is 3.07. The number of rotatable bonds is 4. The van der Waals surface area contributed by atoms with E-state index in [1.807, 2.05) is 13.0 Å². The van der Waals surface area contributed by atoms with Gasteiger partial charge in [-0.3, -0.25) is 0 Å². The third-order valence-electron chi connectivity index (χ3n) is 3.07.